The first-order valence-corrected chi connectivity index (χ1v) is 9.27. The first-order valence-electron chi connectivity index (χ1n) is 6.08. The van der Waals surface area contributed by atoms with E-state index in [1.54, 1.807) is 11.3 Å². The first kappa shape index (κ1) is 16.5. The Bertz CT molecular complexity index is 598. The molecule has 6 heteroatoms. The number of aliphatic hydroxyl groups excluding tert-OH is 1. The van der Waals surface area contributed by atoms with Crippen molar-refractivity contribution in [1.82, 2.24) is 0 Å². The maximum atomic E-state index is 10.5. The number of benzene rings is 1. The highest BCUT2D eigenvalue weighted by Crippen LogP contribution is 2.39. The van der Waals surface area contributed by atoms with Gasteiger partial charge in [0.1, 0.15) is 11.9 Å². The molecule has 2 aromatic rings. The summed E-state index contributed by atoms with van der Waals surface area (Å²) in [6, 6.07) is 7.59. The molecule has 108 valence electrons. The van der Waals surface area contributed by atoms with E-state index in [9.17, 15) is 5.11 Å². The molecule has 0 bridgehead atoms. The zero-order chi connectivity index (χ0) is 14.7. The van der Waals surface area contributed by atoms with Crippen molar-refractivity contribution < 1.29 is 9.84 Å². The fourth-order valence-electron chi connectivity index (χ4n) is 1.74. The lowest BCUT2D eigenvalue weighted by Crippen LogP contribution is -2.00. The predicted octanol–water partition coefficient (Wildman–Crippen LogP) is 5.91. The molecule has 0 aliphatic carbocycles. The maximum absolute atomic E-state index is 10.5. The molecule has 1 atom stereocenters. The number of thiophene rings is 1. The van der Waals surface area contributed by atoms with Gasteiger partial charge in [-0.25, -0.2) is 0 Å². The Labute approximate surface area is 147 Å². The molecule has 2 nitrogen and oxygen atoms in total. The monoisotopic (exact) mass is 482 g/mol. The molecular formula is C14H13Br3O2S. The van der Waals surface area contributed by atoms with Crippen LogP contribution in [0.15, 0.2) is 36.3 Å². The van der Waals surface area contributed by atoms with Gasteiger partial charge >= 0.3 is 0 Å². The van der Waals surface area contributed by atoms with Crippen molar-refractivity contribution >= 4 is 59.1 Å². The Hall–Kier alpha value is 0.120. The Morgan fingerprint density at radius 1 is 1.25 bits per heavy atom. The summed E-state index contributed by atoms with van der Waals surface area (Å²) < 4.78 is 8.38. The summed E-state index contributed by atoms with van der Waals surface area (Å²) in [4.78, 5) is 0. The second kappa shape index (κ2) is 7.40. The van der Waals surface area contributed by atoms with E-state index >= 15 is 0 Å². The molecule has 0 saturated carbocycles. The molecule has 0 radical (unpaired) electrons. The number of hydrogen-bond acceptors (Lipinski definition) is 3. The molecule has 1 aromatic carbocycles. The van der Waals surface area contributed by atoms with E-state index < -0.39 is 6.10 Å². The van der Waals surface area contributed by atoms with Gasteiger partial charge in [-0.3, -0.25) is 0 Å². The van der Waals surface area contributed by atoms with E-state index in [1.807, 2.05) is 24.3 Å². The van der Waals surface area contributed by atoms with Crippen LogP contribution in [0.3, 0.4) is 0 Å². The predicted molar refractivity (Wildman–Crippen MR) is 93.7 cm³/mol. The van der Waals surface area contributed by atoms with Gasteiger partial charge in [-0.1, -0.05) is 13.0 Å². The highest BCUT2D eigenvalue weighted by molar-refractivity contribution is 9.12. The molecule has 1 N–H and O–H groups in total. The van der Waals surface area contributed by atoms with Gasteiger partial charge in [0.2, 0.25) is 0 Å². The molecule has 20 heavy (non-hydrogen) atoms. The van der Waals surface area contributed by atoms with Gasteiger partial charge in [-0.05, 0) is 78.0 Å². The molecule has 0 aliphatic heterocycles. The number of rotatable bonds is 5. The minimum Gasteiger partial charge on any atom is -0.492 e. The van der Waals surface area contributed by atoms with E-state index in [0.717, 1.165) is 35.3 Å². The fourth-order valence-corrected chi connectivity index (χ4v) is 5.13. The Morgan fingerprint density at radius 2 is 2.00 bits per heavy atom. The SMILES string of the molecule is CCCOc1ccc(C(O)c2cc(Br)sc2Br)cc1Br. The van der Waals surface area contributed by atoms with Gasteiger partial charge in [-0.2, -0.15) is 0 Å². The lowest BCUT2D eigenvalue weighted by atomic mass is 10.0. The molecule has 1 heterocycles. The zero-order valence-electron chi connectivity index (χ0n) is 10.7. The van der Waals surface area contributed by atoms with Crippen molar-refractivity contribution in [3.8, 4) is 5.75 Å². The van der Waals surface area contributed by atoms with Crippen LogP contribution in [-0.4, -0.2) is 11.7 Å². The Balaban J connectivity index is 2.25. The van der Waals surface area contributed by atoms with E-state index in [0.29, 0.717) is 6.61 Å². The van der Waals surface area contributed by atoms with Gasteiger partial charge in [0.15, 0.2) is 0 Å². The van der Waals surface area contributed by atoms with Crippen molar-refractivity contribution in [2.75, 3.05) is 6.61 Å². The van der Waals surface area contributed by atoms with E-state index in [-0.39, 0.29) is 0 Å². The molecule has 0 spiro atoms. The first-order chi connectivity index (χ1) is 9.52. The van der Waals surface area contributed by atoms with E-state index in [4.69, 9.17) is 4.74 Å². The van der Waals surface area contributed by atoms with Crippen LogP contribution in [0.1, 0.15) is 30.6 Å². The lowest BCUT2D eigenvalue weighted by Gasteiger charge is -2.13. The van der Waals surface area contributed by atoms with Gasteiger partial charge in [-0.15, -0.1) is 11.3 Å². The van der Waals surface area contributed by atoms with Crippen LogP contribution in [0.5, 0.6) is 5.75 Å². The third kappa shape index (κ3) is 3.85. The van der Waals surface area contributed by atoms with Crippen LogP contribution in [-0.2, 0) is 0 Å². The summed E-state index contributed by atoms with van der Waals surface area (Å²) in [5.41, 5.74) is 1.68. The van der Waals surface area contributed by atoms with Gasteiger partial charge < -0.3 is 9.84 Å². The summed E-state index contributed by atoms with van der Waals surface area (Å²) in [6.45, 7) is 2.75. The summed E-state index contributed by atoms with van der Waals surface area (Å²) in [6.07, 6.45) is 0.302. The van der Waals surface area contributed by atoms with Crippen molar-refractivity contribution in [2.45, 2.75) is 19.4 Å². The smallest absolute Gasteiger partial charge is 0.133 e. The number of halogens is 3. The molecule has 1 aromatic heterocycles. The fraction of sp³-hybridized carbons (Fsp3) is 0.286. The minimum absolute atomic E-state index is 0.663. The molecule has 0 amide bonds. The summed E-state index contributed by atoms with van der Waals surface area (Å²) in [5, 5.41) is 10.5. The van der Waals surface area contributed by atoms with E-state index in [1.165, 1.54) is 0 Å². The lowest BCUT2D eigenvalue weighted by molar-refractivity contribution is 0.220. The number of hydrogen-bond donors (Lipinski definition) is 1. The standard InChI is InChI=1S/C14H13Br3O2S/c1-2-5-19-11-4-3-8(6-10(11)15)13(18)9-7-12(16)20-14(9)17/h3-4,6-7,13,18H,2,5H2,1H3. The topological polar surface area (TPSA) is 29.5 Å². The maximum Gasteiger partial charge on any atom is 0.133 e. The highest BCUT2D eigenvalue weighted by atomic mass is 79.9. The molecule has 1 unspecified atom stereocenters. The normalized spacial score (nSPS) is 12.4. The van der Waals surface area contributed by atoms with Crippen LogP contribution in [0.4, 0.5) is 0 Å². The van der Waals surface area contributed by atoms with Crippen LogP contribution in [0.25, 0.3) is 0 Å². The second-order valence-electron chi connectivity index (χ2n) is 4.22. The Kier molecular flexibility index (Phi) is 6.10. The third-order valence-electron chi connectivity index (χ3n) is 2.71. The largest absolute Gasteiger partial charge is 0.492 e. The molecule has 0 aliphatic rings. The quantitative estimate of drug-likeness (QED) is 0.572. The average Bonchev–Trinajstić information content (AvgIpc) is 2.75. The van der Waals surface area contributed by atoms with Gasteiger partial charge in [0.25, 0.3) is 0 Å². The molecular weight excluding hydrogens is 472 g/mol. The zero-order valence-corrected chi connectivity index (χ0v) is 16.3. The second-order valence-corrected chi connectivity index (χ2v) is 8.82. The summed E-state index contributed by atoms with van der Waals surface area (Å²) >= 11 is 11.9. The van der Waals surface area contributed by atoms with Crippen molar-refractivity contribution in [2.24, 2.45) is 0 Å². The van der Waals surface area contributed by atoms with E-state index in [2.05, 4.69) is 54.7 Å². The van der Waals surface area contributed by atoms with Crippen LogP contribution in [0, 0.1) is 0 Å². The molecule has 0 fully saturated rings. The van der Waals surface area contributed by atoms with Crippen molar-refractivity contribution in [3.05, 3.63) is 47.4 Å². The number of ether oxygens (including phenoxy) is 1. The highest BCUT2D eigenvalue weighted by Gasteiger charge is 2.17. The van der Waals surface area contributed by atoms with Crippen LogP contribution < -0.4 is 4.74 Å². The van der Waals surface area contributed by atoms with Crippen molar-refractivity contribution in [3.63, 3.8) is 0 Å². The summed E-state index contributed by atoms with van der Waals surface area (Å²) in [7, 11) is 0. The third-order valence-corrected chi connectivity index (χ3v) is 5.72. The number of aliphatic hydroxyl groups is 1. The average molecular weight is 485 g/mol. The van der Waals surface area contributed by atoms with Gasteiger partial charge in [0, 0.05) is 5.56 Å². The van der Waals surface area contributed by atoms with Crippen LogP contribution >= 0.6 is 59.1 Å². The molecule has 0 saturated heterocycles. The Morgan fingerprint density at radius 3 is 2.55 bits per heavy atom. The minimum atomic E-state index is -0.663. The van der Waals surface area contributed by atoms with Crippen molar-refractivity contribution in [1.29, 1.82) is 0 Å². The van der Waals surface area contributed by atoms with Crippen LogP contribution in [0.2, 0.25) is 0 Å². The molecule has 2 rings (SSSR count). The summed E-state index contributed by atoms with van der Waals surface area (Å²) in [5.74, 6) is 0.799. The van der Waals surface area contributed by atoms with Gasteiger partial charge in [0.05, 0.1) is 18.7 Å².